The van der Waals surface area contributed by atoms with Crippen molar-refractivity contribution in [1.82, 2.24) is 10.6 Å². The van der Waals surface area contributed by atoms with Crippen LogP contribution in [0.5, 0.6) is 5.75 Å². The molecule has 2 N–H and O–H groups in total. The Hall–Kier alpha value is -0.770. The van der Waals surface area contributed by atoms with Crippen molar-refractivity contribution in [2.24, 2.45) is 0 Å². The summed E-state index contributed by atoms with van der Waals surface area (Å²) in [6, 6.07) is 6.91. The van der Waals surface area contributed by atoms with Gasteiger partial charge < -0.3 is 15.4 Å². The monoisotopic (exact) mass is 268 g/mol. The topological polar surface area (TPSA) is 33.3 Å². The average molecular weight is 269 g/mol. The average Bonchev–Trinajstić information content (AvgIpc) is 3.18. The highest BCUT2D eigenvalue weighted by Crippen LogP contribution is 2.22. The van der Waals surface area contributed by atoms with Crippen molar-refractivity contribution in [3.63, 3.8) is 0 Å². The van der Waals surface area contributed by atoms with E-state index in [2.05, 4.69) is 17.6 Å². The van der Waals surface area contributed by atoms with Gasteiger partial charge in [0.15, 0.2) is 0 Å². The third kappa shape index (κ3) is 4.16. The molecule has 0 spiro atoms. The maximum absolute atomic E-state index is 6.00. The van der Waals surface area contributed by atoms with Crippen LogP contribution in [0.25, 0.3) is 0 Å². The number of halogens is 1. The zero-order valence-electron chi connectivity index (χ0n) is 11.0. The van der Waals surface area contributed by atoms with Gasteiger partial charge in [-0.3, -0.25) is 0 Å². The smallest absolute Gasteiger partial charge is 0.123 e. The van der Waals surface area contributed by atoms with E-state index in [0.29, 0.717) is 6.04 Å². The van der Waals surface area contributed by atoms with Gasteiger partial charge in [0.1, 0.15) is 5.75 Å². The van der Waals surface area contributed by atoms with Gasteiger partial charge in [0.2, 0.25) is 0 Å². The van der Waals surface area contributed by atoms with E-state index >= 15 is 0 Å². The summed E-state index contributed by atoms with van der Waals surface area (Å²) in [5.74, 6) is 0.884. The maximum atomic E-state index is 6.00. The first-order valence-corrected chi connectivity index (χ1v) is 6.86. The van der Waals surface area contributed by atoms with E-state index in [9.17, 15) is 0 Å². The summed E-state index contributed by atoms with van der Waals surface area (Å²) < 4.78 is 5.33. The Balaban J connectivity index is 1.82. The summed E-state index contributed by atoms with van der Waals surface area (Å²) in [7, 11) is 1.69. The van der Waals surface area contributed by atoms with Crippen LogP contribution in [0.1, 0.15) is 25.3 Å². The molecule has 1 aliphatic rings. The van der Waals surface area contributed by atoms with Crippen LogP contribution in [0.2, 0.25) is 5.02 Å². The van der Waals surface area contributed by atoms with E-state index in [1.54, 1.807) is 7.11 Å². The molecular formula is C14H21ClN2O. The van der Waals surface area contributed by atoms with E-state index in [0.717, 1.165) is 35.5 Å². The molecule has 1 aromatic rings. The molecule has 100 valence electrons. The summed E-state index contributed by atoms with van der Waals surface area (Å²) >= 11 is 6.00. The maximum Gasteiger partial charge on any atom is 0.123 e. The van der Waals surface area contributed by atoms with Gasteiger partial charge in [-0.05, 0) is 38.0 Å². The van der Waals surface area contributed by atoms with Crippen LogP contribution < -0.4 is 15.4 Å². The van der Waals surface area contributed by atoms with Crippen LogP contribution in [-0.4, -0.2) is 25.7 Å². The van der Waals surface area contributed by atoms with Crippen molar-refractivity contribution in [1.29, 1.82) is 0 Å². The highest BCUT2D eigenvalue weighted by molar-refractivity contribution is 6.30. The first-order chi connectivity index (χ1) is 8.69. The Morgan fingerprint density at radius 2 is 2.22 bits per heavy atom. The summed E-state index contributed by atoms with van der Waals surface area (Å²) in [6.45, 7) is 3.97. The quantitative estimate of drug-likeness (QED) is 0.798. The van der Waals surface area contributed by atoms with Crippen LogP contribution in [-0.2, 0) is 6.54 Å². The van der Waals surface area contributed by atoms with Crippen LogP contribution in [0.15, 0.2) is 18.2 Å². The molecule has 1 saturated carbocycles. The normalized spacial score (nSPS) is 16.6. The summed E-state index contributed by atoms with van der Waals surface area (Å²) in [5, 5.41) is 7.74. The summed E-state index contributed by atoms with van der Waals surface area (Å²) in [4.78, 5) is 0. The predicted octanol–water partition coefficient (Wildman–Crippen LogP) is 2.58. The van der Waals surface area contributed by atoms with Gasteiger partial charge >= 0.3 is 0 Å². The Bertz CT molecular complexity index is 393. The minimum atomic E-state index is 0.439. The van der Waals surface area contributed by atoms with Gasteiger partial charge in [0.05, 0.1) is 7.11 Å². The number of hydrogen-bond donors (Lipinski definition) is 2. The van der Waals surface area contributed by atoms with E-state index in [-0.39, 0.29) is 0 Å². The van der Waals surface area contributed by atoms with Gasteiger partial charge in [-0.25, -0.2) is 0 Å². The number of rotatable bonds is 7. The number of ether oxygens (including phenoxy) is 1. The molecule has 1 aliphatic carbocycles. The van der Waals surface area contributed by atoms with Crippen LogP contribution in [0.3, 0.4) is 0 Å². The Morgan fingerprint density at radius 1 is 1.44 bits per heavy atom. The molecule has 0 amide bonds. The fraction of sp³-hybridized carbons (Fsp3) is 0.571. The first-order valence-electron chi connectivity index (χ1n) is 6.48. The minimum Gasteiger partial charge on any atom is -0.496 e. The third-order valence-corrected chi connectivity index (χ3v) is 3.41. The predicted molar refractivity (Wildman–Crippen MR) is 75.3 cm³/mol. The molecule has 18 heavy (non-hydrogen) atoms. The van der Waals surface area contributed by atoms with Crippen molar-refractivity contribution in [2.45, 2.75) is 38.4 Å². The molecule has 1 aromatic carbocycles. The van der Waals surface area contributed by atoms with Crippen LogP contribution in [0, 0.1) is 0 Å². The van der Waals surface area contributed by atoms with Gasteiger partial charge in [0, 0.05) is 35.8 Å². The lowest BCUT2D eigenvalue weighted by molar-refractivity contribution is 0.404. The second-order valence-electron chi connectivity index (χ2n) is 4.92. The second kappa shape index (κ2) is 6.41. The third-order valence-electron chi connectivity index (χ3n) is 3.17. The van der Waals surface area contributed by atoms with E-state index in [1.165, 1.54) is 12.8 Å². The van der Waals surface area contributed by atoms with Gasteiger partial charge in [-0.15, -0.1) is 0 Å². The number of methoxy groups -OCH3 is 1. The number of nitrogens with one attached hydrogen (secondary N) is 2. The standard InChI is InChI=1S/C14H21ClN2O/c1-10(8-17-13-4-5-13)16-9-11-7-12(15)3-6-14(11)18-2/h3,6-7,10,13,16-17H,4-5,8-9H2,1-2H3. The number of hydrogen-bond acceptors (Lipinski definition) is 3. The summed E-state index contributed by atoms with van der Waals surface area (Å²) in [5.41, 5.74) is 1.10. The highest BCUT2D eigenvalue weighted by atomic mass is 35.5. The van der Waals surface area contributed by atoms with Crippen LogP contribution in [0.4, 0.5) is 0 Å². The fourth-order valence-corrected chi connectivity index (χ4v) is 2.07. The molecule has 1 fully saturated rings. The van der Waals surface area contributed by atoms with E-state index in [1.807, 2.05) is 18.2 Å². The molecule has 0 bridgehead atoms. The van der Waals surface area contributed by atoms with Gasteiger partial charge in [-0.1, -0.05) is 11.6 Å². The molecule has 1 atom stereocenters. The molecule has 1 unspecified atom stereocenters. The van der Waals surface area contributed by atoms with Crippen molar-refractivity contribution in [3.05, 3.63) is 28.8 Å². The zero-order valence-corrected chi connectivity index (χ0v) is 11.8. The lowest BCUT2D eigenvalue weighted by Crippen LogP contribution is -2.36. The largest absolute Gasteiger partial charge is 0.496 e. The molecular weight excluding hydrogens is 248 g/mol. The van der Waals surface area contributed by atoms with E-state index < -0.39 is 0 Å². The molecule has 0 aliphatic heterocycles. The second-order valence-corrected chi connectivity index (χ2v) is 5.36. The number of benzene rings is 1. The van der Waals surface area contributed by atoms with E-state index in [4.69, 9.17) is 16.3 Å². The van der Waals surface area contributed by atoms with Gasteiger partial charge in [-0.2, -0.15) is 0 Å². The molecule has 2 rings (SSSR count). The molecule has 4 heteroatoms. The zero-order chi connectivity index (χ0) is 13.0. The lowest BCUT2D eigenvalue weighted by Gasteiger charge is -2.16. The fourth-order valence-electron chi connectivity index (χ4n) is 1.87. The first kappa shape index (κ1) is 13.7. The SMILES string of the molecule is COc1ccc(Cl)cc1CNC(C)CNC1CC1. The lowest BCUT2D eigenvalue weighted by atomic mass is 10.2. The Kier molecular flexibility index (Phi) is 4.87. The summed E-state index contributed by atoms with van der Waals surface area (Å²) in [6.07, 6.45) is 2.66. The Labute approximate surface area is 114 Å². The van der Waals surface area contributed by atoms with Crippen molar-refractivity contribution >= 4 is 11.6 Å². The molecule has 0 aromatic heterocycles. The Morgan fingerprint density at radius 3 is 2.89 bits per heavy atom. The van der Waals surface area contributed by atoms with Crippen molar-refractivity contribution in [3.8, 4) is 5.75 Å². The highest BCUT2D eigenvalue weighted by Gasteiger charge is 2.20. The molecule has 0 radical (unpaired) electrons. The molecule has 3 nitrogen and oxygen atoms in total. The molecule has 0 saturated heterocycles. The molecule has 0 heterocycles. The van der Waals surface area contributed by atoms with Gasteiger partial charge in [0.25, 0.3) is 0 Å². The van der Waals surface area contributed by atoms with Crippen molar-refractivity contribution in [2.75, 3.05) is 13.7 Å². The van der Waals surface area contributed by atoms with Crippen LogP contribution >= 0.6 is 11.6 Å². The van der Waals surface area contributed by atoms with Crippen molar-refractivity contribution < 1.29 is 4.74 Å². The minimum absolute atomic E-state index is 0.439.